The number of anilines is 1. The molecular weight excluding hydrogens is 448 g/mol. The molecule has 2 aromatic rings. The van der Waals surface area contributed by atoms with Crippen LogP contribution in [-0.4, -0.2) is 30.8 Å². The van der Waals surface area contributed by atoms with Gasteiger partial charge < -0.3 is 15.4 Å². The Labute approximate surface area is 214 Å². The van der Waals surface area contributed by atoms with Crippen molar-refractivity contribution in [2.24, 2.45) is 22.5 Å². The fourth-order valence-corrected chi connectivity index (χ4v) is 6.83. The molecule has 3 unspecified atom stereocenters. The number of Topliss-reactive ketones (excluding diaryl/α,β-unsaturated/α-hetero) is 2. The normalized spacial score (nSPS) is 26.9. The summed E-state index contributed by atoms with van der Waals surface area (Å²) >= 11 is 0. The van der Waals surface area contributed by atoms with Crippen molar-refractivity contribution >= 4 is 22.8 Å². The number of hydrogen-bond acceptors (Lipinski definition) is 5. The third-order valence-corrected chi connectivity index (χ3v) is 8.33. The Bertz CT molecular complexity index is 1210. The molecule has 5 nitrogen and oxygen atoms in total. The van der Waals surface area contributed by atoms with Crippen LogP contribution in [0.4, 0.5) is 5.69 Å². The first-order valence-corrected chi connectivity index (χ1v) is 13.1. The zero-order chi connectivity index (χ0) is 25.8. The highest BCUT2D eigenvalue weighted by Crippen LogP contribution is 2.54. The molecule has 5 rings (SSSR count). The monoisotopic (exact) mass is 486 g/mol. The summed E-state index contributed by atoms with van der Waals surface area (Å²) in [5.41, 5.74) is 10.5. The minimum atomic E-state index is -0.336. The third kappa shape index (κ3) is 4.28. The molecule has 2 saturated carbocycles. The van der Waals surface area contributed by atoms with Crippen LogP contribution in [0, 0.1) is 16.7 Å². The highest BCUT2D eigenvalue weighted by atomic mass is 16.5. The van der Waals surface area contributed by atoms with E-state index < -0.39 is 0 Å². The topological polar surface area (TPSA) is 72.6 Å². The lowest BCUT2D eigenvalue weighted by Crippen LogP contribution is -2.61. The van der Waals surface area contributed by atoms with E-state index in [0.717, 1.165) is 46.6 Å². The Morgan fingerprint density at radius 3 is 2.14 bits per heavy atom. The number of carbonyl (C=O) groups excluding carboxylic acids is 2. The number of fused-ring (bicyclic) bond motifs is 2. The Balaban J connectivity index is 1.76. The average Bonchev–Trinajstić information content (AvgIpc) is 2.81. The molecule has 0 radical (unpaired) electrons. The second-order valence-electron chi connectivity index (χ2n) is 12.4. The maximum atomic E-state index is 13.9. The Morgan fingerprint density at radius 1 is 0.889 bits per heavy atom. The maximum Gasteiger partial charge on any atom is 0.161 e. The van der Waals surface area contributed by atoms with Gasteiger partial charge in [-0.15, -0.1) is 0 Å². The van der Waals surface area contributed by atoms with Gasteiger partial charge in [0, 0.05) is 36.7 Å². The molecule has 5 heteroatoms. The van der Waals surface area contributed by atoms with Gasteiger partial charge in [0.05, 0.1) is 19.1 Å². The van der Waals surface area contributed by atoms with Crippen LogP contribution >= 0.6 is 0 Å². The number of ketones is 2. The molecule has 1 aliphatic heterocycles. The predicted octanol–water partition coefficient (Wildman–Crippen LogP) is 5.56. The molecule has 2 N–H and O–H groups in total. The van der Waals surface area contributed by atoms with Gasteiger partial charge in [-0.3, -0.25) is 9.59 Å². The second kappa shape index (κ2) is 8.88. The molecule has 190 valence electrons. The second-order valence-corrected chi connectivity index (χ2v) is 12.4. The number of methoxy groups -OCH3 is 1. The first-order valence-electron chi connectivity index (χ1n) is 13.1. The molecule has 0 saturated heterocycles. The fourth-order valence-electron chi connectivity index (χ4n) is 6.83. The van der Waals surface area contributed by atoms with Gasteiger partial charge in [0.15, 0.2) is 5.78 Å². The molecule has 0 bridgehead atoms. The van der Waals surface area contributed by atoms with Crippen molar-refractivity contribution in [1.29, 1.82) is 0 Å². The molecule has 1 heterocycles. The van der Waals surface area contributed by atoms with Gasteiger partial charge in [0.25, 0.3) is 0 Å². The van der Waals surface area contributed by atoms with Gasteiger partial charge in [-0.25, -0.2) is 0 Å². The Kier molecular flexibility index (Phi) is 6.11. The van der Waals surface area contributed by atoms with E-state index >= 15 is 0 Å². The summed E-state index contributed by atoms with van der Waals surface area (Å²) < 4.78 is 5.39. The SMILES string of the molecule is COc1ccc(C2=C3C(=O)CC(C)(C)CC3N(c3ccc(CN)cc3)C3CC(C)(C)CC(=O)C23)cc1. The number of hydrogen-bond donors (Lipinski definition) is 1. The lowest BCUT2D eigenvalue weighted by atomic mass is 9.59. The maximum absolute atomic E-state index is 13.9. The molecule has 0 amide bonds. The van der Waals surface area contributed by atoms with E-state index in [1.807, 2.05) is 24.3 Å². The highest BCUT2D eigenvalue weighted by molar-refractivity contribution is 6.11. The molecule has 3 aliphatic rings. The van der Waals surface area contributed by atoms with Crippen molar-refractivity contribution in [3.05, 3.63) is 65.2 Å². The first kappa shape index (κ1) is 24.8. The summed E-state index contributed by atoms with van der Waals surface area (Å²) in [6.07, 6.45) is 2.77. The molecule has 3 atom stereocenters. The lowest BCUT2D eigenvalue weighted by Gasteiger charge is -2.56. The first-order chi connectivity index (χ1) is 17.0. The van der Waals surface area contributed by atoms with Gasteiger partial charge in [-0.2, -0.15) is 0 Å². The molecule has 36 heavy (non-hydrogen) atoms. The molecular formula is C31H38N2O3. The van der Waals surface area contributed by atoms with E-state index in [2.05, 4.69) is 56.9 Å². The van der Waals surface area contributed by atoms with Crippen LogP contribution in [-0.2, 0) is 16.1 Å². The zero-order valence-corrected chi connectivity index (χ0v) is 22.1. The highest BCUT2D eigenvalue weighted by Gasteiger charge is 2.54. The van der Waals surface area contributed by atoms with E-state index in [4.69, 9.17) is 10.5 Å². The summed E-state index contributed by atoms with van der Waals surface area (Å²) in [5, 5.41) is 0. The van der Waals surface area contributed by atoms with E-state index in [9.17, 15) is 9.59 Å². The van der Waals surface area contributed by atoms with Crippen LogP contribution in [0.1, 0.15) is 64.5 Å². The molecule has 0 aromatic heterocycles. The van der Waals surface area contributed by atoms with Crippen molar-refractivity contribution < 1.29 is 14.3 Å². The molecule has 2 aromatic carbocycles. The number of benzene rings is 2. The number of nitrogens with two attached hydrogens (primary N) is 1. The van der Waals surface area contributed by atoms with Gasteiger partial charge in [0.1, 0.15) is 11.5 Å². The zero-order valence-electron chi connectivity index (χ0n) is 22.1. The van der Waals surface area contributed by atoms with E-state index in [-0.39, 0.29) is 40.4 Å². The van der Waals surface area contributed by atoms with Crippen LogP contribution < -0.4 is 15.4 Å². The summed E-state index contributed by atoms with van der Waals surface area (Å²) in [7, 11) is 1.65. The summed E-state index contributed by atoms with van der Waals surface area (Å²) in [5.74, 6) is 0.829. The number of rotatable bonds is 4. The minimum Gasteiger partial charge on any atom is -0.497 e. The molecule has 2 fully saturated rings. The summed E-state index contributed by atoms with van der Waals surface area (Å²) in [4.78, 5) is 30.2. The largest absolute Gasteiger partial charge is 0.497 e. The van der Waals surface area contributed by atoms with Crippen LogP contribution in [0.5, 0.6) is 5.75 Å². The lowest BCUT2D eigenvalue weighted by molar-refractivity contribution is -0.126. The van der Waals surface area contributed by atoms with Gasteiger partial charge in [0.2, 0.25) is 0 Å². The van der Waals surface area contributed by atoms with Crippen molar-refractivity contribution in [2.45, 2.75) is 72.0 Å². The van der Waals surface area contributed by atoms with Crippen LogP contribution in [0.15, 0.2) is 54.1 Å². The van der Waals surface area contributed by atoms with Crippen molar-refractivity contribution in [3.8, 4) is 5.75 Å². The predicted molar refractivity (Wildman–Crippen MR) is 144 cm³/mol. The third-order valence-electron chi connectivity index (χ3n) is 8.33. The van der Waals surface area contributed by atoms with E-state index in [1.54, 1.807) is 7.11 Å². The van der Waals surface area contributed by atoms with E-state index in [0.29, 0.717) is 19.4 Å². The van der Waals surface area contributed by atoms with Crippen molar-refractivity contribution in [3.63, 3.8) is 0 Å². The smallest absolute Gasteiger partial charge is 0.161 e. The van der Waals surface area contributed by atoms with E-state index in [1.165, 1.54) is 0 Å². The minimum absolute atomic E-state index is 0.0162. The average molecular weight is 487 g/mol. The Hall–Kier alpha value is -2.92. The molecule has 0 spiro atoms. The van der Waals surface area contributed by atoms with Crippen LogP contribution in [0.3, 0.4) is 0 Å². The van der Waals surface area contributed by atoms with Crippen molar-refractivity contribution in [1.82, 2.24) is 0 Å². The van der Waals surface area contributed by atoms with Gasteiger partial charge >= 0.3 is 0 Å². The summed E-state index contributed by atoms with van der Waals surface area (Å²) in [6.45, 7) is 9.25. The molecule has 2 aliphatic carbocycles. The quantitative estimate of drug-likeness (QED) is 0.613. The fraction of sp³-hybridized carbons (Fsp3) is 0.484. The number of carbonyl (C=O) groups is 2. The van der Waals surface area contributed by atoms with Crippen molar-refractivity contribution in [2.75, 3.05) is 12.0 Å². The standard InChI is InChI=1S/C31H38N2O3/c1-30(2)14-23-28(25(34)16-30)27(20-8-12-22(36-5)13-9-20)29-24(15-31(3,4)17-26(29)35)33(23)21-10-6-19(18-32)7-11-21/h6-13,23-24,28H,14-18,32H2,1-5H3. The van der Waals surface area contributed by atoms with Crippen LogP contribution in [0.2, 0.25) is 0 Å². The van der Waals surface area contributed by atoms with Gasteiger partial charge in [-0.05, 0) is 64.6 Å². The van der Waals surface area contributed by atoms with Crippen LogP contribution in [0.25, 0.3) is 5.57 Å². The van der Waals surface area contributed by atoms with Gasteiger partial charge in [-0.1, -0.05) is 52.0 Å². The Morgan fingerprint density at radius 2 is 1.53 bits per heavy atom. The summed E-state index contributed by atoms with van der Waals surface area (Å²) in [6, 6.07) is 16.2. The number of nitrogens with zero attached hydrogens (tertiary/aromatic N) is 1. The number of ether oxygens (including phenoxy) is 1.